The van der Waals surface area contributed by atoms with Gasteiger partial charge < -0.3 is 10.1 Å². The molecule has 27 heavy (non-hydrogen) atoms. The summed E-state index contributed by atoms with van der Waals surface area (Å²) in [5.41, 5.74) is -0.598. The normalized spacial score (nSPS) is 33.0. The standard InChI is InChI=1S/C23H32ClNO2/c1-4-20(23-12-15-9-16(13-23)11-17(10-15)14-23)25-21(26)22(2,3)27-19-7-5-18(24)6-8-19/h5-8,15-17,20H,4,9-14H2,1-3H3,(H,25,26)/t15?,16?,17?,20-,23?/m0/s1. The van der Waals surface area contributed by atoms with Crippen molar-refractivity contribution < 1.29 is 9.53 Å². The van der Waals surface area contributed by atoms with E-state index in [0.29, 0.717) is 16.2 Å². The van der Waals surface area contributed by atoms with Crippen LogP contribution >= 0.6 is 11.6 Å². The van der Waals surface area contributed by atoms with E-state index < -0.39 is 5.60 Å². The first-order valence-electron chi connectivity index (χ1n) is 10.6. The van der Waals surface area contributed by atoms with Crippen LogP contribution in [-0.4, -0.2) is 17.6 Å². The van der Waals surface area contributed by atoms with Crippen molar-refractivity contribution in [2.45, 2.75) is 77.4 Å². The first kappa shape index (κ1) is 19.1. The number of hydrogen-bond donors (Lipinski definition) is 1. The third-order valence-corrected chi connectivity index (χ3v) is 7.52. The van der Waals surface area contributed by atoms with E-state index in [4.69, 9.17) is 16.3 Å². The van der Waals surface area contributed by atoms with E-state index in [1.165, 1.54) is 38.5 Å². The third kappa shape index (κ3) is 3.72. The quantitative estimate of drug-likeness (QED) is 0.686. The smallest absolute Gasteiger partial charge is 0.263 e. The second kappa shape index (κ2) is 6.99. The van der Waals surface area contributed by atoms with Gasteiger partial charge in [0.05, 0.1) is 0 Å². The Morgan fingerprint density at radius 2 is 1.67 bits per heavy atom. The Hall–Kier alpha value is -1.22. The molecule has 4 heteroatoms. The average Bonchev–Trinajstić information content (AvgIpc) is 2.60. The molecule has 1 aromatic rings. The van der Waals surface area contributed by atoms with Crippen LogP contribution in [0.25, 0.3) is 0 Å². The zero-order valence-corrected chi connectivity index (χ0v) is 17.5. The van der Waals surface area contributed by atoms with Crippen LogP contribution in [0.1, 0.15) is 65.7 Å². The molecule has 4 fully saturated rings. The summed E-state index contributed by atoms with van der Waals surface area (Å²) in [6.45, 7) is 5.92. The molecular formula is C23H32ClNO2. The second-order valence-corrected chi connectivity index (χ2v) is 10.2. The number of ether oxygens (including phenoxy) is 1. The molecule has 0 heterocycles. The molecule has 0 aromatic heterocycles. The molecule has 0 radical (unpaired) electrons. The molecule has 4 aliphatic rings. The van der Waals surface area contributed by atoms with Crippen molar-refractivity contribution in [3.63, 3.8) is 0 Å². The first-order valence-corrected chi connectivity index (χ1v) is 10.9. The van der Waals surface area contributed by atoms with Gasteiger partial charge in [-0.05, 0) is 106 Å². The monoisotopic (exact) mass is 389 g/mol. The van der Waals surface area contributed by atoms with E-state index in [9.17, 15) is 4.79 Å². The van der Waals surface area contributed by atoms with Crippen LogP contribution in [0.5, 0.6) is 5.75 Å². The second-order valence-electron chi connectivity index (χ2n) is 9.78. The van der Waals surface area contributed by atoms with Crippen molar-refractivity contribution in [2.75, 3.05) is 0 Å². The largest absolute Gasteiger partial charge is 0.478 e. The highest BCUT2D eigenvalue weighted by Crippen LogP contribution is 2.61. The van der Waals surface area contributed by atoms with Crippen molar-refractivity contribution in [1.82, 2.24) is 5.32 Å². The van der Waals surface area contributed by atoms with Gasteiger partial charge in [0.25, 0.3) is 5.91 Å². The molecule has 4 aliphatic carbocycles. The number of rotatable bonds is 6. The van der Waals surface area contributed by atoms with Crippen LogP contribution in [0.3, 0.4) is 0 Å². The van der Waals surface area contributed by atoms with E-state index in [1.54, 1.807) is 12.1 Å². The number of carbonyl (C=O) groups is 1. The predicted octanol–water partition coefficient (Wildman–Crippen LogP) is 5.61. The van der Waals surface area contributed by atoms with E-state index in [1.807, 2.05) is 26.0 Å². The fraction of sp³-hybridized carbons (Fsp3) is 0.696. The molecule has 1 aromatic carbocycles. The zero-order chi connectivity index (χ0) is 19.2. The maximum absolute atomic E-state index is 13.1. The van der Waals surface area contributed by atoms with Gasteiger partial charge in [-0.15, -0.1) is 0 Å². The van der Waals surface area contributed by atoms with Crippen molar-refractivity contribution in [2.24, 2.45) is 23.2 Å². The Morgan fingerprint density at radius 3 is 2.15 bits per heavy atom. The van der Waals surface area contributed by atoms with Crippen LogP contribution in [0.15, 0.2) is 24.3 Å². The van der Waals surface area contributed by atoms with Crippen LogP contribution in [-0.2, 0) is 4.79 Å². The summed E-state index contributed by atoms with van der Waals surface area (Å²) in [6.07, 6.45) is 9.18. The number of nitrogens with one attached hydrogen (secondary N) is 1. The molecule has 0 unspecified atom stereocenters. The summed E-state index contributed by atoms with van der Waals surface area (Å²) in [7, 11) is 0. The number of benzene rings is 1. The van der Waals surface area contributed by atoms with Crippen molar-refractivity contribution in [1.29, 1.82) is 0 Å². The van der Waals surface area contributed by atoms with Crippen LogP contribution < -0.4 is 10.1 Å². The van der Waals surface area contributed by atoms with Gasteiger partial charge in [-0.25, -0.2) is 0 Å². The van der Waals surface area contributed by atoms with Gasteiger partial charge in [-0.1, -0.05) is 18.5 Å². The minimum Gasteiger partial charge on any atom is -0.478 e. The predicted molar refractivity (Wildman–Crippen MR) is 109 cm³/mol. The van der Waals surface area contributed by atoms with Crippen LogP contribution in [0.4, 0.5) is 0 Å². The topological polar surface area (TPSA) is 38.3 Å². The van der Waals surface area contributed by atoms with E-state index >= 15 is 0 Å². The van der Waals surface area contributed by atoms with Gasteiger partial charge in [-0.2, -0.15) is 0 Å². The van der Waals surface area contributed by atoms with Crippen molar-refractivity contribution >= 4 is 17.5 Å². The van der Waals surface area contributed by atoms with Gasteiger partial charge in [0.15, 0.2) is 5.60 Å². The van der Waals surface area contributed by atoms with Crippen LogP contribution in [0, 0.1) is 23.2 Å². The molecular weight excluding hydrogens is 358 g/mol. The summed E-state index contributed by atoms with van der Waals surface area (Å²) < 4.78 is 6.01. The van der Waals surface area contributed by atoms with Gasteiger partial charge in [-0.3, -0.25) is 4.79 Å². The molecule has 148 valence electrons. The molecule has 1 amide bonds. The maximum atomic E-state index is 13.1. The lowest BCUT2D eigenvalue weighted by Gasteiger charge is -2.59. The van der Waals surface area contributed by atoms with E-state index in [-0.39, 0.29) is 11.9 Å². The lowest BCUT2D eigenvalue weighted by atomic mass is 9.47. The highest BCUT2D eigenvalue weighted by Gasteiger charge is 2.54. The highest BCUT2D eigenvalue weighted by molar-refractivity contribution is 6.30. The lowest BCUT2D eigenvalue weighted by Crippen LogP contribution is -2.59. The van der Waals surface area contributed by atoms with Gasteiger partial charge in [0.1, 0.15) is 5.75 Å². The average molecular weight is 390 g/mol. The maximum Gasteiger partial charge on any atom is 0.263 e. The van der Waals surface area contributed by atoms with Gasteiger partial charge >= 0.3 is 0 Å². The van der Waals surface area contributed by atoms with Crippen molar-refractivity contribution in [3.8, 4) is 5.75 Å². The molecule has 1 N–H and O–H groups in total. The third-order valence-electron chi connectivity index (χ3n) is 7.27. The summed E-state index contributed by atoms with van der Waals surface area (Å²) in [5.74, 6) is 3.32. The summed E-state index contributed by atoms with van der Waals surface area (Å²) >= 11 is 5.95. The van der Waals surface area contributed by atoms with Gasteiger partial charge in [0, 0.05) is 11.1 Å². The number of amides is 1. The first-order chi connectivity index (χ1) is 12.8. The zero-order valence-electron chi connectivity index (χ0n) is 16.8. The van der Waals surface area contributed by atoms with Crippen molar-refractivity contribution in [3.05, 3.63) is 29.3 Å². The molecule has 4 saturated carbocycles. The summed E-state index contributed by atoms with van der Waals surface area (Å²) in [6, 6.07) is 7.46. The molecule has 0 spiro atoms. The molecule has 1 atom stereocenters. The molecule has 0 aliphatic heterocycles. The Balaban J connectivity index is 1.46. The Kier molecular flexibility index (Phi) is 4.95. The minimum atomic E-state index is -0.913. The SMILES string of the molecule is CC[C@H](NC(=O)C(C)(C)Oc1ccc(Cl)cc1)C12CC3CC(CC(C3)C1)C2. The number of hydrogen-bond acceptors (Lipinski definition) is 2. The molecule has 3 nitrogen and oxygen atoms in total. The highest BCUT2D eigenvalue weighted by atomic mass is 35.5. The summed E-state index contributed by atoms with van der Waals surface area (Å²) in [4.78, 5) is 13.1. The summed E-state index contributed by atoms with van der Waals surface area (Å²) in [5, 5.41) is 4.07. The fourth-order valence-electron chi connectivity index (χ4n) is 6.47. The van der Waals surface area contributed by atoms with Gasteiger partial charge in [0.2, 0.25) is 0 Å². The number of carbonyl (C=O) groups excluding carboxylic acids is 1. The number of halogens is 1. The molecule has 0 saturated heterocycles. The Bertz CT molecular complexity index is 662. The van der Waals surface area contributed by atoms with Crippen LogP contribution in [0.2, 0.25) is 5.02 Å². The molecule has 5 rings (SSSR count). The molecule has 4 bridgehead atoms. The van der Waals surface area contributed by atoms with E-state index in [2.05, 4.69) is 12.2 Å². The minimum absolute atomic E-state index is 0.0138. The Morgan fingerprint density at radius 1 is 1.15 bits per heavy atom. The van der Waals surface area contributed by atoms with E-state index in [0.717, 1.165) is 24.2 Å². The fourth-order valence-corrected chi connectivity index (χ4v) is 6.59. The Labute approximate surface area is 168 Å². The lowest BCUT2D eigenvalue weighted by molar-refractivity contribution is -0.139.